The van der Waals surface area contributed by atoms with Crippen LogP contribution < -0.4 is 54.4 Å². The second-order valence-electron chi connectivity index (χ2n) is 17.7. The molecule has 1 aliphatic rings. The Kier molecular flexibility index (Phi) is 25.0. The number of hydrogen-bond donors (Lipinski definition) is 13. The molecule has 8 atom stereocenters. The van der Waals surface area contributed by atoms with Gasteiger partial charge in [-0.3, -0.25) is 43.3 Å². The number of hydrogen-bond acceptors (Lipinski definition) is 13. The number of nitrogens with two attached hydrogens (primary N) is 3. The summed E-state index contributed by atoms with van der Waals surface area (Å²) in [5, 5.41) is 46.2. The normalized spacial score (nSPS) is 16.9. The third-order valence-corrected chi connectivity index (χ3v) is 10.3. The predicted octanol–water partition coefficient (Wildman–Crippen LogP) is -4.14. The van der Waals surface area contributed by atoms with Gasteiger partial charge in [0, 0.05) is 13.1 Å². The summed E-state index contributed by atoms with van der Waals surface area (Å²) >= 11 is 0. The van der Waals surface area contributed by atoms with E-state index in [-0.39, 0.29) is 63.0 Å². The smallest absolute Gasteiger partial charge is 0.326 e. The minimum Gasteiger partial charge on any atom is -0.480 e. The number of carboxylic acids is 1. The molecule has 0 spiro atoms. The van der Waals surface area contributed by atoms with Crippen LogP contribution in [0.25, 0.3) is 0 Å². The van der Waals surface area contributed by atoms with E-state index in [2.05, 4.69) is 42.2 Å². The molecule has 0 bridgehead atoms. The van der Waals surface area contributed by atoms with Crippen molar-refractivity contribution in [1.82, 2.24) is 42.1 Å². The molecule has 0 aliphatic carbocycles. The molecule has 0 aromatic heterocycles. The van der Waals surface area contributed by atoms with Crippen LogP contribution in [0.15, 0.2) is 4.99 Å². The molecule has 24 heteroatoms. The number of aliphatic carboxylic acids is 1. The Hall–Kier alpha value is -5.62. The van der Waals surface area contributed by atoms with Crippen LogP contribution in [-0.2, 0) is 43.2 Å². The third-order valence-electron chi connectivity index (χ3n) is 10.3. The zero-order chi connectivity index (χ0) is 49.7. The van der Waals surface area contributed by atoms with Crippen molar-refractivity contribution in [1.29, 1.82) is 0 Å². The van der Waals surface area contributed by atoms with E-state index in [0.717, 1.165) is 0 Å². The lowest BCUT2D eigenvalue weighted by atomic mass is 9.99. The zero-order valence-corrected chi connectivity index (χ0v) is 38.8. The number of aliphatic imine (C=N–C) groups is 1. The maximum absolute atomic E-state index is 13.8. The highest BCUT2D eigenvalue weighted by molar-refractivity contribution is 5.97. The van der Waals surface area contributed by atoms with Crippen molar-refractivity contribution in [2.45, 2.75) is 142 Å². The van der Waals surface area contributed by atoms with Gasteiger partial charge in [-0.25, -0.2) is 4.79 Å². The maximum Gasteiger partial charge on any atom is 0.326 e. The average molecular weight is 927 g/mol. The summed E-state index contributed by atoms with van der Waals surface area (Å²) in [4.78, 5) is 124. The number of nitrogens with zero attached hydrogens (tertiary/aromatic N) is 2. The summed E-state index contributed by atoms with van der Waals surface area (Å²) < 4.78 is 0. The predicted molar refractivity (Wildman–Crippen MR) is 238 cm³/mol. The fraction of sp³-hybridized carbons (Fsp3) is 0.756. The fourth-order valence-corrected chi connectivity index (χ4v) is 6.82. The number of likely N-dealkylation sites (tertiary alicyclic amines) is 1. The number of carbonyl (C=O) groups is 9. The van der Waals surface area contributed by atoms with Gasteiger partial charge in [0.25, 0.3) is 0 Å². The first-order valence-electron chi connectivity index (χ1n) is 22.0. The van der Waals surface area contributed by atoms with Gasteiger partial charge in [0.2, 0.25) is 47.3 Å². The number of aliphatic hydroxyl groups excluding tert-OH is 2. The number of rotatable bonds is 28. The van der Waals surface area contributed by atoms with E-state index in [9.17, 15) is 53.4 Å². The van der Waals surface area contributed by atoms with Crippen molar-refractivity contribution in [2.75, 3.05) is 32.8 Å². The van der Waals surface area contributed by atoms with Gasteiger partial charge in [-0.05, 0) is 62.2 Å². The zero-order valence-electron chi connectivity index (χ0n) is 38.8. The summed E-state index contributed by atoms with van der Waals surface area (Å²) in [6, 6.07) is -9.89. The molecular weight excluding hydrogens is 853 g/mol. The van der Waals surface area contributed by atoms with Gasteiger partial charge in [-0.2, -0.15) is 0 Å². The standard InChI is InChI=1S/C41H74N12O12/c1-20(2)15-26(35(59)49-27(40(64)65)16-21(3)4)48-34(58)25(11-9-13-45-41(43)44)47-38(62)31(22(5)6)51-30(56)17-46-37(61)29-12-10-14-53(29)39(63)32(23(7)8)52-36(60)28(19-55)50-33(57)24(42)18-54/h20-29,31-32,54-55H,9-19,42H2,1-8H3,(H,46,61)(H,47,62)(H,48,58)(H,49,59)(H,50,57)(H,51,56)(H,52,60)(H,64,65)(H4,43,44,45)/t24-,25-,26-,27-,28-,29-,31-,32-/m0/s1. The number of carboxylic acid groups (broad SMARTS) is 1. The fourth-order valence-electron chi connectivity index (χ4n) is 6.82. The molecule has 0 radical (unpaired) electrons. The number of guanidine groups is 1. The van der Waals surface area contributed by atoms with Crippen molar-refractivity contribution in [3.05, 3.63) is 0 Å². The number of nitrogens with one attached hydrogen (secondary N) is 7. The van der Waals surface area contributed by atoms with Crippen molar-refractivity contribution in [3.63, 3.8) is 0 Å². The van der Waals surface area contributed by atoms with E-state index in [4.69, 9.17) is 22.3 Å². The molecule has 0 aromatic rings. The van der Waals surface area contributed by atoms with Crippen LogP contribution in [0.3, 0.4) is 0 Å². The Morgan fingerprint density at radius 3 is 1.71 bits per heavy atom. The van der Waals surface area contributed by atoms with Crippen molar-refractivity contribution >= 4 is 59.2 Å². The van der Waals surface area contributed by atoms with Gasteiger partial charge < -0.3 is 74.6 Å². The largest absolute Gasteiger partial charge is 0.480 e. The second kappa shape index (κ2) is 28.3. The van der Waals surface area contributed by atoms with Crippen LogP contribution in [0.1, 0.15) is 93.9 Å². The highest BCUT2D eigenvalue weighted by Crippen LogP contribution is 2.21. The molecular formula is C41H74N12O12. The molecule has 24 nitrogen and oxygen atoms in total. The van der Waals surface area contributed by atoms with Crippen LogP contribution in [0, 0.1) is 23.7 Å². The Morgan fingerprint density at radius 2 is 1.18 bits per heavy atom. The molecule has 1 fully saturated rings. The minimum atomic E-state index is -1.49. The van der Waals surface area contributed by atoms with Crippen molar-refractivity contribution in [3.8, 4) is 0 Å². The van der Waals surface area contributed by atoms with E-state index in [1.165, 1.54) is 4.90 Å². The lowest BCUT2D eigenvalue weighted by Gasteiger charge is -2.31. The van der Waals surface area contributed by atoms with Crippen LogP contribution in [-0.4, -0.2) is 161 Å². The van der Waals surface area contributed by atoms with E-state index in [1.807, 2.05) is 13.8 Å². The molecule has 0 unspecified atom stereocenters. The SMILES string of the molecule is CC(C)C[C@H](NC(=O)[C@H](CC(C)C)NC(=O)[C@H](CCCN=C(N)N)NC(=O)[C@@H](NC(=O)CNC(=O)[C@@H]1CCCN1C(=O)[C@@H](NC(=O)[C@H](CO)NC(=O)[C@@H](N)CO)C(C)C)C(C)C)C(=O)O. The van der Waals surface area contributed by atoms with Crippen LogP contribution in [0.2, 0.25) is 0 Å². The van der Waals surface area contributed by atoms with Gasteiger partial charge in [0.1, 0.15) is 48.3 Å². The molecule has 8 amide bonds. The summed E-state index contributed by atoms with van der Waals surface area (Å²) in [6.07, 6.45) is 1.16. The van der Waals surface area contributed by atoms with E-state index in [1.54, 1.807) is 41.5 Å². The quantitative estimate of drug-likeness (QED) is 0.0201. The van der Waals surface area contributed by atoms with Gasteiger partial charge in [0.15, 0.2) is 5.96 Å². The molecule has 16 N–H and O–H groups in total. The minimum absolute atomic E-state index is 0.000158. The molecule has 65 heavy (non-hydrogen) atoms. The summed E-state index contributed by atoms with van der Waals surface area (Å²) in [7, 11) is 0. The van der Waals surface area contributed by atoms with Crippen LogP contribution >= 0.6 is 0 Å². The molecule has 1 rings (SSSR count). The number of carbonyl (C=O) groups excluding carboxylic acids is 8. The van der Waals surface area contributed by atoms with Gasteiger partial charge in [-0.1, -0.05) is 55.4 Å². The van der Waals surface area contributed by atoms with Crippen molar-refractivity contribution in [2.24, 2.45) is 45.9 Å². The summed E-state index contributed by atoms with van der Waals surface area (Å²) in [5.74, 6) is -8.72. The number of aliphatic hydroxyl groups is 2. The first-order valence-corrected chi connectivity index (χ1v) is 22.0. The number of amides is 8. The molecule has 1 aliphatic heterocycles. The first-order chi connectivity index (χ1) is 30.3. The van der Waals surface area contributed by atoms with Crippen molar-refractivity contribution < 1.29 is 58.5 Å². The van der Waals surface area contributed by atoms with Crippen LogP contribution in [0.4, 0.5) is 0 Å². The Balaban J connectivity index is 3.14. The first kappa shape index (κ1) is 57.4. The Labute approximate surface area is 380 Å². The lowest BCUT2D eigenvalue weighted by molar-refractivity contribution is -0.143. The molecule has 0 saturated carbocycles. The van der Waals surface area contributed by atoms with E-state index in [0.29, 0.717) is 6.42 Å². The maximum atomic E-state index is 13.8. The third kappa shape index (κ3) is 20.0. The van der Waals surface area contributed by atoms with Crippen LogP contribution in [0.5, 0.6) is 0 Å². The Bertz CT molecular complexity index is 1670. The second-order valence-corrected chi connectivity index (χ2v) is 17.7. The molecule has 0 aromatic carbocycles. The molecule has 1 saturated heterocycles. The highest BCUT2D eigenvalue weighted by atomic mass is 16.4. The topological polar surface area (TPSA) is 392 Å². The van der Waals surface area contributed by atoms with Gasteiger partial charge in [0.05, 0.1) is 19.8 Å². The summed E-state index contributed by atoms with van der Waals surface area (Å²) in [5.41, 5.74) is 16.4. The van der Waals surface area contributed by atoms with Gasteiger partial charge in [-0.15, -0.1) is 0 Å². The summed E-state index contributed by atoms with van der Waals surface area (Å²) in [6.45, 7) is 11.9. The lowest BCUT2D eigenvalue weighted by Crippen LogP contribution is -2.60. The Morgan fingerprint density at radius 1 is 0.662 bits per heavy atom. The van der Waals surface area contributed by atoms with E-state index >= 15 is 0 Å². The average Bonchev–Trinajstić information content (AvgIpc) is 3.72. The van der Waals surface area contributed by atoms with Gasteiger partial charge >= 0.3 is 5.97 Å². The van der Waals surface area contributed by atoms with E-state index < -0.39 is 133 Å². The monoisotopic (exact) mass is 927 g/mol. The highest BCUT2D eigenvalue weighted by Gasteiger charge is 2.40. The molecule has 370 valence electrons. The molecule has 1 heterocycles.